The topological polar surface area (TPSA) is 61.6 Å². The van der Waals surface area contributed by atoms with Gasteiger partial charge in [-0.25, -0.2) is 0 Å². The smallest absolute Gasteiger partial charge is 0.308 e. The molecule has 0 radical (unpaired) electrons. The molecule has 0 aromatic rings. The molecule has 0 bridgehead atoms. The quantitative estimate of drug-likeness (QED) is 0.665. The molecule has 1 rings (SSSR count). The predicted molar refractivity (Wildman–Crippen MR) is 52.8 cm³/mol. The summed E-state index contributed by atoms with van der Waals surface area (Å²) < 4.78 is 10.5. The molecule has 0 saturated carbocycles. The van der Waals surface area contributed by atoms with Crippen molar-refractivity contribution in [2.45, 2.75) is 32.3 Å². The fraction of sp³-hybridized carbons (Fsp3) is 0.900. The molecule has 1 fully saturated rings. The Kier molecular flexibility index (Phi) is 4.90. The number of carbonyl (C=O) groups excluding carboxylic acids is 1. The summed E-state index contributed by atoms with van der Waals surface area (Å²) in [6.45, 7) is 3.55. The van der Waals surface area contributed by atoms with Crippen molar-refractivity contribution < 1.29 is 14.3 Å². The molecule has 0 amide bonds. The Balaban J connectivity index is 2.13. The standard InChI is InChI=1S/C10H19NO3/c1-8(4-5-11)10(12)14-7-9-3-2-6-13-9/h8-9H,2-7,11H2,1H3. The lowest BCUT2D eigenvalue weighted by molar-refractivity contribution is -0.151. The first-order valence-corrected chi connectivity index (χ1v) is 5.22. The number of hydrogen-bond donors (Lipinski definition) is 1. The maximum Gasteiger partial charge on any atom is 0.308 e. The van der Waals surface area contributed by atoms with Gasteiger partial charge in [0, 0.05) is 6.61 Å². The zero-order valence-corrected chi connectivity index (χ0v) is 8.70. The molecule has 1 aliphatic rings. The third kappa shape index (κ3) is 3.64. The van der Waals surface area contributed by atoms with Gasteiger partial charge in [0.2, 0.25) is 0 Å². The van der Waals surface area contributed by atoms with E-state index in [2.05, 4.69) is 0 Å². The van der Waals surface area contributed by atoms with Crippen LogP contribution >= 0.6 is 0 Å². The van der Waals surface area contributed by atoms with Crippen LogP contribution in [0.4, 0.5) is 0 Å². The molecular formula is C10H19NO3. The maximum absolute atomic E-state index is 11.4. The number of ether oxygens (including phenoxy) is 2. The van der Waals surface area contributed by atoms with Crippen LogP contribution in [0.2, 0.25) is 0 Å². The highest BCUT2D eigenvalue weighted by molar-refractivity contribution is 5.71. The van der Waals surface area contributed by atoms with Gasteiger partial charge in [0.05, 0.1) is 12.0 Å². The maximum atomic E-state index is 11.4. The van der Waals surface area contributed by atoms with E-state index >= 15 is 0 Å². The zero-order chi connectivity index (χ0) is 10.4. The molecule has 0 aromatic heterocycles. The average molecular weight is 201 g/mol. The van der Waals surface area contributed by atoms with Crippen LogP contribution in [-0.4, -0.2) is 31.8 Å². The van der Waals surface area contributed by atoms with Crippen LogP contribution < -0.4 is 5.73 Å². The molecule has 1 saturated heterocycles. The molecule has 4 nitrogen and oxygen atoms in total. The van der Waals surface area contributed by atoms with Gasteiger partial charge >= 0.3 is 5.97 Å². The number of esters is 1. The molecule has 0 spiro atoms. The average Bonchev–Trinajstić information content (AvgIpc) is 2.67. The van der Waals surface area contributed by atoms with Gasteiger partial charge in [0.15, 0.2) is 0 Å². The number of rotatable bonds is 5. The molecule has 1 aliphatic heterocycles. The Labute approximate surface area is 84.7 Å². The molecular weight excluding hydrogens is 182 g/mol. The molecule has 0 aromatic carbocycles. The third-order valence-corrected chi connectivity index (χ3v) is 2.44. The van der Waals surface area contributed by atoms with E-state index in [4.69, 9.17) is 15.2 Å². The number of carbonyl (C=O) groups is 1. The van der Waals surface area contributed by atoms with Gasteiger partial charge in [-0.3, -0.25) is 4.79 Å². The summed E-state index contributed by atoms with van der Waals surface area (Å²) in [5.41, 5.74) is 5.35. The minimum Gasteiger partial charge on any atom is -0.463 e. The van der Waals surface area contributed by atoms with Crippen LogP contribution in [-0.2, 0) is 14.3 Å². The van der Waals surface area contributed by atoms with Crippen molar-refractivity contribution in [1.29, 1.82) is 0 Å². The van der Waals surface area contributed by atoms with E-state index in [9.17, 15) is 4.79 Å². The van der Waals surface area contributed by atoms with Crippen LogP contribution in [0.15, 0.2) is 0 Å². The van der Waals surface area contributed by atoms with E-state index in [0.29, 0.717) is 19.6 Å². The van der Waals surface area contributed by atoms with Gasteiger partial charge in [-0.2, -0.15) is 0 Å². The molecule has 2 atom stereocenters. The zero-order valence-electron chi connectivity index (χ0n) is 8.70. The van der Waals surface area contributed by atoms with Gasteiger partial charge in [0.1, 0.15) is 6.61 Å². The molecule has 2 unspecified atom stereocenters. The van der Waals surface area contributed by atoms with Crippen LogP contribution in [0.5, 0.6) is 0 Å². The normalized spacial score (nSPS) is 23.4. The van der Waals surface area contributed by atoms with Crippen LogP contribution in [0, 0.1) is 5.92 Å². The van der Waals surface area contributed by atoms with E-state index in [1.54, 1.807) is 0 Å². The Bertz CT molecular complexity index is 178. The minimum atomic E-state index is -0.161. The van der Waals surface area contributed by atoms with Crippen LogP contribution in [0.1, 0.15) is 26.2 Å². The summed E-state index contributed by atoms with van der Waals surface area (Å²) in [7, 11) is 0. The first kappa shape index (κ1) is 11.5. The second kappa shape index (κ2) is 5.98. The second-order valence-electron chi connectivity index (χ2n) is 3.74. The van der Waals surface area contributed by atoms with Crippen LogP contribution in [0.3, 0.4) is 0 Å². The molecule has 82 valence electrons. The van der Waals surface area contributed by atoms with E-state index in [1.165, 1.54) is 0 Å². The fourth-order valence-electron chi connectivity index (χ4n) is 1.46. The summed E-state index contributed by atoms with van der Waals surface area (Å²) in [4.78, 5) is 11.4. The van der Waals surface area contributed by atoms with Crippen molar-refractivity contribution >= 4 is 5.97 Å². The van der Waals surface area contributed by atoms with E-state index in [-0.39, 0.29) is 18.0 Å². The van der Waals surface area contributed by atoms with E-state index in [1.807, 2.05) is 6.92 Å². The number of hydrogen-bond acceptors (Lipinski definition) is 4. The molecule has 2 N–H and O–H groups in total. The Morgan fingerprint density at radius 1 is 1.71 bits per heavy atom. The van der Waals surface area contributed by atoms with Crippen molar-refractivity contribution in [2.24, 2.45) is 11.7 Å². The first-order chi connectivity index (χ1) is 6.74. The van der Waals surface area contributed by atoms with Gasteiger partial charge in [-0.05, 0) is 25.8 Å². The first-order valence-electron chi connectivity index (χ1n) is 5.22. The third-order valence-electron chi connectivity index (χ3n) is 2.44. The largest absolute Gasteiger partial charge is 0.463 e. The van der Waals surface area contributed by atoms with E-state index in [0.717, 1.165) is 19.4 Å². The summed E-state index contributed by atoms with van der Waals surface area (Å²) in [6, 6.07) is 0. The molecule has 4 heteroatoms. The van der Waals surface area contributed by atoms with Gasteiger partial charge in [0.25, 0.3) is 0 Å². The van der Waals surface area contributed by atoms with Crippen molar-refractivity contribution in [1.82, 2.24) is 0 Å². The van der Waals surface area contributed by atoms with E-state index < -0.39 is 0 Å². The Morgan fingerprint density at radius 2 is 2.50 bits per heavy atom. The molecule has 0 aliphatic carbocycles. The van der Waals surface area contributed by atoms with Crippen molar-refractivity contribution in [3.63, 3.8) is 0 Å². The summed E-state index contributed by atoms with van der Waals surface area (Å²) in [5.74, 6) is -0.257. The van der Waals surface area contributed by atoms with Crippen molar-refractivity contribution in [3.05, 3.63) is 0 Å². The highest BCUT2D eigenvalue weighted by atomic mass is 16.6. The summed E-state index contributed by atoms with van der Waals surface area (Å²) in [5, 5.41) is 0. The van der Waals surface area contributed by atoms with Gasteiger partial charge in [-0.1, -0.05) is 6.92 Å². The van der Waals surface area contributed by atoms with Crippen molar-refractivity contribution in [2.75, 3.05) is 19.8 Å². The van der Waals surface area contributed by atoms with Crippen molar-refractivity contribution in [3.8, 4) is 0 Å². The Hall–Kier alpha value is -0.610. The summed E-state index contributed by atoms with van der Waals surface area (Å²) >= 11 is 0. The van der Waals surface area contributed by atoms with Gasteiger partial charge in [-0.15, -0.1) is 0 Å². The Morgan fingerprint density at radius 3 is 3.07 bits per heavy atom. The van der Waals surface area contributed by atoms with Gasteiger partial charge < -0.3 is 15.2 Å². The lowest BCUT2D eigenvalue weighted by Crippen LogP contribution is -2.23. The lowest BCUT2D eigenvalue weighted by atomic mass is 10.1. The minimum absolute atomic E-state index is 0.0959. The molecule has 1 heterocycles. The summed E-state index contributed by atoms with van der Waals surface area (Å²) in [6.07, 6.45) is 2.87. The second-order valence-corrected chi connectivity index (χ2v) is 3.74. The predicted octanol–water partition coefficient (Wildman–Crippen LogP) is 0.693. The fourth-order valence-corrected chi connectivity index (χ4v) is 1.46. The SMILES string of the molecule is CC(CCN)C(=O)OCC1CCCO1. The highest BCUT2D eigenvalue weighted by Crippen LogP contribution is 2.13. The number of nitrogens with two attached hydrogens (primary N) is 1. The highest BCUT2D eigenvalue weighted by Gasteiger charge is 2.19. The molecule has 14 heavy (non-hydrogen) atoms. The van der Waals surface area contributed by atoms with Crippen LogP contribution in [0.25, 0.3) is 0 Å². The lowest BCUT2D eigenvalue weighted by Gasteiger charge is -2.13. The monoisotopic (exact) mass is 201 g/mol.